The van der Waals surface area contributed by atoms with Crippen molar-refractivity contribution in [2.75, 3.05) is 6.61 Å². The van der Waals surface area contributed by atoms with Gasteiger partial charge in [0.25, 0.3) is 0 Å². The molecule has 96 valence electrons. The van der Waals surface area contributed by atoms with E-state index in [1.165, 1.54) is 12.1 Å². The van der Waals surface area contributed by atoms with Gasteiger partial charge in [-0.3, -0.25) is 0 Å². The molecule has 0 aliphatic carbocycles. The van der Waals surface area contributed by atoms with Gasteiger partial charge in [0.1, 0.15) is 5.75 Å². The Balaban J connectivity index is 0.00000289. The minimum absolute atomic E-state index is 0. The van der Waals surface area contributed by atoms with E-state index in [1.54, 1.807) is 23.8 Å². The van der Waals surface area contributed by atoms with Crippen molar-refractivity contribution in [1.29, 1.82) is 0 Å². The summed E-state index contributed by atoms with van der Waals surface area (Å²) in [7, 11) is -4.19. The van der Waals surface area contributed by atoms with E-state index < -0.39 is 16.4 Å². The zero-order chi connectivity index (χ0) is 12.9. The molecular weight excluding hydrogens is 253 g/mol. The number of carbonyl (C=O) groups is 1. The number of amides is 1. The predicted octanol–water partition coefficient (Wildman–Crippen LogP) is 0.716. The van der Waals surface area contributed by atoms with E-state index in [1.807, 2.05) is 6.92 Å². The first-order chi connectivity index (χ1) is 7.93. The molecule has 8 heteroatoms. The summed E-state index contributed by atoms with van der Waals surface area (Å²) < 4.78 is 33.3. The Morgan fingerprint density at radius 1 is 1.28 bits per heavy atom. The normalized spacial score (nSPS) is 10.1. The molecule has 0 unspecified atom stereocenters. The van der Waals surface area contributed by atoms with Crippen molar-refractivity contribution in [3.8, 4) is 5.75 Å². The van der Waals surface area contributed by atoms with Crippen LogP contribution < -0.4 is 8.91 Å². The van der Waals surface area contributed by atoms with Gasteiger partial charge in [-0.1, -0.05) is 17.7 Å². The summed E-state index contributed by atoms with van der Waals surface area (Å²) in [5.74, 6) is 0.118. The Morgan fingerprint density at radius 3 is 2.33 bits per heavy atom. The molecule has 0 heterocycles. The summed E-state index contributed by atoms with van der Waals surface area (Å²) in [6.45, 7) is 3.49. The van der Waals surface area contributed by atoms with Gasteiger partial charge in [0, 0.05) is 0 Å². The maximum absolute atomic E-state index is 11.3. The molecule has 0 fully saturated rings. The van der Waals surface area contributed by atoms with Gasteiger partial charge < -0.3 is 8.92 Å². The van der Waals surface area contributed by atoms with Crippen LogP contribution in [-0.2, 0) is 15.0 Å². The standard InChI is InChI=1S/C10H13NO5S.Li.H/c1-3-15-10(12)11-17(13,14)16-9-6-4-8(2)5-7-9;;/h4-7H,3H2,1-2H3,(H,11,12);;. The number of aryl methyl sites for hydroxylation is 1. The predicted molar refractivity (Wildman–Crippen MR) is 68.0 cm³/mol. The Labute approximate surface area is 118 Å². The third-order valence-electron chi connectivity index (χ3n) is 1.71. The maximum atomic E-state index is 11.3. The van der Waals surface area contributed by atoms with Crippen molar-refractivity contribution in [3.63, 3.8) is 0 Å². The number of hydrogen-bond donors (Lipinski definition) is 1. The van der Waals surface area contributed by atoms with Crippen LogP contribution >= 0.6 is 0 Å². The molecule has 0 aliphatic heterocycles. The van der Waals surface area contributed by atoms with E-state index in [9.17, 15) is 13.2 Å². The third kappa shape index (κ3) is 5.96. The SMILES string of the molecule is CCOC(=O)NS(=O)(=O)Oc1ccc(C)cc1.[LiH]. The average Bonchev–Trinajstić information content (AvgIpc) is 2.20. The van der Waals surface area contributed by atoms with Crippen molar-refractivity contribution in [1.82, 2.24) is 4.72 Å². The molecule has 18 heavy (non-hydrogen) atoms. The van der Waals surface area contributed by atoms with E-state index in [0.29, 0.717) is 0 Å². The van der Waals surface area contributed by atoms with Gasteiger partial charge in [0.15, 0.2) is 0 Å². The van der Waals surface area contributed by atoms with Crippen LogP contribution in [0.15, 0.2) is 24.3 Å². The number of carbonyl (C=O) groups excluding carboxylic acids is 1. The first-order valence-corrected chi connectivity index (χ1v) is 6.29. The van der Waals surface area contributed by atoms with E-state index >= 15 is 0 Å². The van der Waals surface area contributed by atoms with Crippen molar-refractivity contribution < 1.29 is 22.1 Å². The van der Waals surface area contributed by atoms with Crippen molar-refractivity contribution in [3.05, 3.63) is 29.8 Å². The Hall–Kier alpha value is -1.16. The fourth-order valence-corrected chi connectivity index (χ4v) is 1.67. The van der Waals surface area contributed by atoms with Gasteiger partial charge in [-0.25, -0.2) is 4.79 Å². The Kier molecular flexibility index (Phi) is 6.84. The van der Waals surface area contributed by atoms with Gasteiger partial charge in [-0.15, -0.1) is 0 Å². The van der Waals surface area contributed by atoms with Crippen molar-refractivity contribution in [2.45, 2.75) is 13.8 Å². The van der Waals surface area contributed by atoms with Crippen LogP contribution in [0.3, 0.4) is 0 Å². The topological polar surface area (TPSA) is 81.7 Å². The molecule has 1 aromatic carbocycles. The molecule has 0 aromatic heterocycles. The molecule has 1 rings (SSSR count). The number of nitrogens with one attached hydrogen (secondary N) is 1. The zero-order valence-electron chi connectivity index (χ0n) is 9.47. The van der Waals surface area contributed by atoms with E-state index in [4.69, 9.17) is 0 Å². The summed E-state index contributed by atoms with van der Waals surface area (Å²) in [6, 6.07) is 6.35. The summed E-state index contributed by atoms with van der Waals surface area (Å²) in [6.07, 6.45) is -1.07. The second kappa shape index (κ2) is 7.31. The van der Waals surface area contributed by atoms with Crippen LogP contribution in [-0.4, -0.2) is 40.0 Å². The van der Waals surface area contributed by atoms with Crippen LogP contribution in [0.5, 0.6) is 5.75 Å². The minimum atomic E-state index is -4.19. The number of rotatable bonds is 4. The third-order valence-corrected chi connectivity index (χ3v) is 2.54. The molecule has 0 saturated heterocycles. The van der Waals surface area contributed by atoms with E-state index in [-0.39, 0.29) is 31.2 Å². The van der Waals surface area contributed by atoms with Gasteiger partial charge in [-0.05, 0) is 26.0 Å². The second-order valence-electron chi connectivity index (χ2n) is 3.17. The van der Waals surface area contributed by atoms with Crippen LogP contribution in [0.1, 0.15) is 12.5 Å². The fraction of sp³-hybridized carbons (Fsp3) is 0.300. The molecule has 0 bridgehead atoms. The molecular formula is C10H14LiNO5S. The zero-order valence-corrected chi connectivity index (χ0v) is 10.3. The first kappa shape index (κ1) is 16.8. The summed E-state index contributed by atoms with van der Waals surface area (Å²) in [5, 5.41) is 0. The first-order valence-electron chi connectivity index (χ1n) is 4.88. The van der Waals surface area contributed by atoms with Crippen molar-refractivity contribution in [2.24, 2.45) is 0 Å². The molecule has 0 saturated carbocycles. The van der Waals surface area contributed by atoms with E-state index in [0.717, 1.165) is 5.56 Å². The molecule has 0 radical (unpaired) electrons. The second-order valence-corrected chi connectivity index (χ2v) is 4.45. The van der Waals surface area contributed by atoms with Gasteiger partial charge in [0.2, 0.25) is 0 Å². The van der Waals surface area contributed by atoms with Gasteiger partial charge in [0.05, 0.1) is 6.61 Å². The van der Waals surface area contributed by atoms with Gasteiger partial charge >= 0.3 is 35.3 Å². The average molecular weight is 267 g/mol. The monoisotopic (exact) mass is 267 g/mol. The molecule has 0 atom stereocenters. The quantitative estimate of drug-likeness (QED) is 0.813. The van der Waals surface area contributed by atoms with Gasteiger partial charge in [-0.2, -0.15) is 13.1 Å². The molecule has 6 nitrogen and oxygen atoms in total. The summed E-state index contributed by atoms with van der Waals surface area (Å²) >= 11 is 0. The number of ether oxygens (including phenoxy) is 1. The summed E-state index contributed by atoms with van der Waals surface area (Å²) in [5.41, 5.74) is 0.966. The molecule has 1 aromatic rings. The van der Waals surface area contributed by atoms with Crippen LogP contribution in [0.2, 0.25) is 0 Å². The van der Waals surface area contributed by atoms with Crippen LogP contribution in [0.25, 0.3) is 0 Å². The fourth-order valence-electron chi connectivity index (χ4n) is 1.00. The molecule has 1 N–H and O–H groups in total. The molecule has 1 amide bonds. The van der Waals surface area contributed by atoms with Crippen molar-refractivity contribution >= 4 is 35.3 Å². The molecule has 0 spiro atoms. The number of hydrogen-bond acceptors (Lipinski definition) is 5. The Morgan fingerprint density at radius 2 is 1.83 bits per heavy atom. The Bertz CT molecular complexity index is 485. The molecule has 0 aliphatic rings. The van der Waals surface area contributed by atoms with Crippen LogP contribution in [0, 0.1) is 6.92 Å². The van der Waals surface area contributed by atoms with E-state index in [2.05, 4.69) is 8.92 Å². The van der Waals surface area contributed by atoms with Crippen LogP contribution in [0.4, 0.5) is 4.79 Å². The number of benzene rings is 1. The summed E-state index contributed by atoms with van der Waals surface area (Å²) in [4.78, 5) is 10.9.